The summed E-state index contributed by atoms with van der Waals surface area (Å²) in [5.41, 5.74) is 2.70. The number of nitrogens with zero attached hydrogens (tertiary/aromatic N) is 1. The van der Waals surface area contributed by atoms with Crippen molar-refractivity contribution in [2.24, 2.45) is 5.92 Å². The van der Waals surface area contributed by atoms with Crippen LogP contribution in [0, 0.1) is 5.92 Å². The highest BCUT2D eigenvalue weighted by Crippen LogP contribution is 2.33. The van der Waals surface area contributed by atoms with Gasteiger partial charge in [-0.2, -0.15) is 0 Å². The number of anilines is 1. The van der Waals surface area contributed by atoms with Gasteiger partial charge < -0.3 is 10.2 Å². The summed E-state index contributed by atoms with van der Waals surface area (Å²) in [7, 11) is 0. The van der Waals surface area contributed by atoms with Gasteiger partial charge in [-0.1, -0.05) is 38.4 Å². The zero-order chi connectivity index (χ0) is 14.5. The van der Waals surface area contributed by atoms with E-state index in [0.717, 1.165) is 24.7 Å². The van der Waals surface area contributed by atoms with Crippen LogP contribution in [0.1, 0.15) is 45.6 Å². The Labute approximate surface area is 128 Å². The number of hydrogen-bond donors (Lipinski definition) is 1. The Kier molecular flexibility index (Phi) is 5.74. The molecule has 1 unspecified atom stereocenters. The Bertz CT molecular complexity index is 431. The quantitative estimate of drug-likeness (QED) is 0.779. The summed E-state index contributed by atoms with van der Waals surface area (Å²) in [6, 6.07) is 6.98. The molecule has 1 saturated heterocycles. The van der Waals surface area contributed by atoms with Gasteiger partial charge in [0.2, 0.25) is 0 Å². The van der Waals surface area contributed by atoms with E-state index >= 15 is 0 Å². The van der Waals surface area contributed by atoms with Crippen LogP contribution in [-0.2, 0) is 6.54 Å². The van der Waals surface area contributed by atoms with Gasteiger partial charge >= 0.3 is 0 Å². The minimum Gasteiger partial charge on any atom is -0.368 e. The highest BCUT2D eigenvalue weighted by Gasteiger charge is 2.28. The lowest BCUT2D eigenvalue weighted by Crippen LogP contribution is -2.34. The molecule has 1 aliphatic heterocycles. The van der Waals surface area contributed by atoms with Crippen LogP contribution in [0.3, 0.4) is 0 Å². The molecule has 0 aliphatic carbocycles. The van der Waals surface area contributed by atoms with Crippen LogP contribution in [0.25, 0.3) is 0 Å². The molecule has 0 radical (unpaired) electrons. The van der Waals surface area contributed by atoms with E-state index in [1.165, 1.54) is 30.5 Å². The fraction of sp³-hybridized carbons (Fsp3) is 0.647. The highest BCUT2D eigenvalue weighted by atomic mass is 35.5. The van der Waals surface area contributed by atoms with Crippen molar-refractivity contribution in [3.8, 4) is 0 Å². The van der Waals surface area contributed by atoms with Gasteiger partial charge in [-0.15, -0.1) is 0 Å². The van der Waals surface area contributed by atoms with Crippen LogP contribution in [-0.4, -0.2) is 19.1 Å². The lowest BCUT2D eigenvalue weighted by atomic mass is 10.0. The standard InChI is InChI=1S/C17H27ClN2/c1-4-9-19-12-14-7-8-15(18)11-17(14)20-10-5-6-16(20)13(2)3/h7-8,11,13,16,19H,4-6,9-10,12H2,1-3H3. The van der Waals surface area contributed by atoms with Gasteiger partial charge in [-0.3, -0.25) is 0 Å². The van der Waals surface area contributed by atoms with Crippen molar-refractivity contribution in [3.63, 3.8) is 0 Å². The molecule has 1 atom stereocenters. The van der Waals surface area contributed by atoms with Gasteiger partial charge in [-0.05, 0) is 49.4 Å². The average Bonchev–Trinajstić information content (AvgIpc) is 2.90. The number of benzene rings is 1. The summed E-state index contributed by atoms with van der Waals surface area (Å²) in [5, 5.41) is 4.35. The Morgan fingerprint density at radius 3 is 2.90 bits per heavy atom. The summed E-state index contributed by atoms with van der Waals surface area (Å²) >= 11 is 6.24. The summed E-state index contributed by atoms with van der Waals surface area (Å²) in [5.74, 6) is 0.688. The molecule has 1 aliphatic rings. The zero-order valence-corrected chi connectivity index (χ0v) is 13.7. The van der Waals surface area contributed by atoms with Gasteiger partial charge in [-0.25, -0.2) is 0 Å². The Morgan fingerprint density at radius 1 is 1.40 bits per heavy atom. The highest BCUT2D eigenvalue weighted by molar-refractivity contribution is 6.30. The normalized spacial score (nSPS) is 19.1. The molecule has 2 rings (SSSR count). The first-order valence-electron chi connectivity index (χ1n) is 7.89. The van der Waals surface area contributed by atoms with Gasteiger partial charge in [0.15, 0.2) is 0 Å². The van der Waals surface area contributed by atoms with Crippen LogP contribution in [0.15, 0.2) is 18.2 Å². The van der Waals surface area contributed by atoms with Crippen molar-refractivity contribution in [1.82, 2.24) is 5.32 Å². The summed E-state index contributed by atoms with van der Waals surface area (Å²) < 4.78 is 0. The lowest BCUT2D eigenvalue weighted by molar-refractivity contribution is 0.491. The topological polar surface area (TPSA) is 15.3 Å². The van der Waals surface area contributed by atoms with Crippen molar-refractivity contribution >= 4 is 17.3 Å². The third-order valence-corrected chi connectivity index (χ3v) is 4.40. The minimum atomic E-state index is 0.651. The van der Waals surface area contributed by atoms with Crippen LogP contribution < -0.4 is 10.2 Å². The Morgan fingerprint density at radius 2 is 2.20 bits per heavy atom. The molecule has 1 aromatic carbocycles. The van der Waals surface area contributed by atoms with Crippen LogP contribution in [0.2, 0.25) is 5.02 Å². The van der Waals surface area contributed by atoms with Crippen molar-refractivity contribution in [3.05, 3.63) is 28.8 Å². The Balaban J connectivity index is 2.22. The molecule has 0 bridgehead atoms. The molecule has 1 fully saturated rings. The number of nitrogens with one attached hydrogen (secondary N) is 1. The van der Waals surface area contributed by atoms with Crippen LogP contribution in [0.4, 0.5) is 5.69 Å². The van der Waals surface area contributed by atoms with E-state index in [9.17, 15) is 0 Å². The van der Waals surface area contributed by atoms with Crippen LogP contribution in [0.5, 0.6) is 0 Å². The summed E-state index contributed by atoms with van der Waals surface area (Å²) in [6.07, 6.45) is 3.75. The van der Waals surface area contributed by atoms with E-state index in [1.54, 1.807) is 0 Å². The second-order valence-electron chi connectivity index (χ2n) is 6.10. The van der Waals surface area contributed by atoms with E-state index in [4.69, 9.17) is 11.6 Å². The molecule has 0 amide bonds. The second-order valence-corrected chi connectivity index (χ2v) is 6.53. The SMILES string of the molecule is CCCNCc1ccc(Cl)cc1N1CCCC1C(C)C. The largest absolute Gasteiger partial charge is 0.368 e. The van der Waals surface area contributed by atoms with Gasteiger partial charge in [0.1, 0.15) is 0 Å². The second kappa shape index (κ2) is 7.33. The summed E-state index contributed by atoms with van der Waals surface area (Å²) in [4.78, 5) is 2.57. The smallest absolute Gasteiger partial charge is 0.0429 e. The van der Waals surface area contributed by atoms with Crippen molar-refractivity contribution in [1.29, 1.82) is 0 Å². The number of halogens is 1. The zero-order valence-electron chi connectivity index (χ0n) is 13.0. The minimum absolute atomic E-state index is 0.651. The molecule has 0 spiro atoms. The van der Waals surface area contributed by atoms with E-state index < -0.39 is 0 Å². The van der Waals surface area contributed by atoms with Crippen molar-refractivity contribution < 1.29 is 0 Å². The maximum absolute atomic E-state index is 6.24. The van der Waals surface area contributed by atoms with Crippen molar-refractivity contribution in [2.75, 3.05) is 18.0 Å². The van der Waals surface area contributed by atoms with Gasteiger partial charge in [0.25, 0.3) is 0 Å². The maximum atomic E-state index is 6.24. The molecule has 1 N–H and O–H groups in total. The fourth-order valence-electron chi connectivity index (χ4n) is 3.14. The van der Waals surface area contributed by atoms with E-state index in [-0.39, 0.29) is 0 Å². The predicted molar refractivity (Wildman–Crippen MR) is 88.7 cm³/mol. The molecule has 0 aromatic heterocycles. The van der Waals surface area contributed by atoms with Gasteiger partial charge in [0, 0.05) is 29.8 Å². The monoisotopic (exact) mass is 294 g/mol. The fourth-order valence-corrected chi connectivity index (χ4v) is 3.30. The molecular weight excluding hydrogens is 268 g/mol. The molecule has 1 aromatic rings. The Hall–Kier alpha value is -0.730. The maximum Gasteiger partial charge on any atom is 0.0429 e. The van der Waals surface area contributed by atoms with Crippen LogP contribution >= 0.6 is 11.6 Å². The molecular formula is C17H27ClN2. The first-order chi connectivity index (χ1) is 9.63. The van der Waals surface area contributed by atoms with E-state index in [1.807, 2.05) is 6.07 Å². The predicted octanol–water partition coefficient (Wildman–Crippen LogP) is 4.46. The molecule has 20 heavy (non-hydrogen) atoms. The van der Waals surface area contributed by atoms with Gasteiger partial charge in [0.05, 0.1) is 0 Å². The molecule has 1 heterocycles. The third kappa shape index (κ3) is 3.67. The molecule has 2 nitrogen and oxygen atoms in total. The average molecular weight is 295 g/mol. The van der Waals surface area contributed by atoms with E-state index in [2.05, 4.69) is 43.1 Å². The summed E-state index contributed by atoms with van der Waals surface area (Å²) in [6.45, 7) is 10.00. The molecule has 112 valence electrons. The number of rotatable bonds is 6. The van der Waals surface area contributed by atoms with Crippen molar-refractivity contribution in [2.45, 2.75) is 52.6 Å². The lowest BCUT2D eigenvalue weighted by Gasteiger charge is -2.31. The molecule has 3 heteroatoms. The molecule has 0 saturated carbocycles. The van der Waals surface area contributed by atoms with E-state index in [0.29, 0.717) is 12.0 Å². The number of hydrogen-bond acceptors (Lipinski definition) is 2. The first kappa shape index (κ1) is 15.7. The third-order valence-electron chi connectivity index (χ3n) is 4.17. The first-order valence-corrected chi connectivity index (χ1v) is 8.27.